The van der Waals surface area contributed by atoms with E-state index in [2.05, 4.69) is 26.5 Å². The van der Waals surface area contributed by atoms with E-state index in [0.717, 1.165) is 61.7 Å². The van der Waals surface area contributed by atoms with Gasteiger partial charge in [0.1, 0.15) is 11.6 Å². The summed E-state index contributed by atoms with van der Waals surface area (Å²) in [5, 5.41) is 5.97. The number of nitrogens with zero attached hydrogens (tertiary/aromatic N) is 2. The quantitative estimate of drug-likeness (QED) is 0.482. The van der Waals surface area contributed by atoms with Gasteiger partial charge in [0.15, 0.2) is 0 Å². The Kier molecular flexibility index (Phi) is 7.25. The Morgan fingerprint density at radius 3 is 2.27 bits per heavy atom. The summed E-state index contributed by atoms with van der Waals surface area (Å²) >= 11 is 0. The fourth-order valence-corrected chi connectivity index (χ4v) is 4.63. The third-order valence-corrected chi connectivity index (χ3v) is 6.76. The van der Waals surface area contributed by atoms with Crippen molar-refractivity contribution in [1.29, 1.82) is 0 Å². The van der Waals surface area contributed by atoms with E-state index in [4.69, 9.17) is 4.74 Å². The number of carbonyl (C=O) groups is 2. The summed E-state index contributed by atoms with van der Waals surface area (Å²) < 4.78 is 18.7. The number of piperazine rings is 1. The Hall–Kier alpha value is -4.07. The normalized spacial score (nSPS) is 15.3. The molecule has 2 fully saturated rings. The molecule has 0 bridgehead atoms. The van der Waals surface area contributed by atoms with E-state index >= 15 is 0 Å². The van der Waals surface area contributed by atoms with Crippen molar-refractivity contribution in [3.63, 3.8) is 0 Å². The minimum Gasteiger partial charge on any atom is -0.495 e. The molecule has 1 aliphatic carbocycles. The van der Waals surface area contributed by atoms with Gasteiger partial charge in [-0.1, -0.05) is 24.3 Å². The lowest BCUT2D eigenvalue weighted by Gasteiger charge is -2.38. The number of ether oxygens (including phenoxy) is 1. The third kappa shape index (κ3) is 6.02. The van der Waals surface area contributed by atoms with Crippen molar-refractivity contribution in [1.82, 2.24) is 5.32 Å². The summed E-state index contributed by atoms with van der Waals surface area (Å²) in [6, 6.07) is 19.6. The summed E-state index contributed by atoms with van der Waals surface area (Å²) in [5.74, 6) is 0.161. The molecule has 0 aromatic heterocycles. The largest absolute Gasteiger partial charge is 0.495 e. The summed E-state index contributed by atoms with van der Waals surface area (Å²) in [7, 11) is 1.68. The van der Waals surface area contributed by atoms with Crippen LogP contribution in [-0.4, -0.2) is 51.1 Å². The molecule has 37 heavy (non-hydrogen) atoms. The minimum absolute atomic E-state index is 0.122. The van der Waals surface area contributed by atoms with Gasteiger partial charge in [-0.3, -0.25) is 9.59 Å². The van der Waals surface area contributed by atoms with Gasteiger partial charge < -0.3 is 25.2 Å². The van der Waals surface area contributed by atoms with E-state index in [1.165, 1.54) is 12.1 Å². The average Bonchev–Trinajstić information content (AvgIpc) is 3.74. The third-order valence-electron chi connectivity index (χ3n) is 6.76. The van der Waals surface area contributed by atoms with Gasteiger partial charge in [0.25, 0.3) is 5.91 Å². The molecule has 3 aromatic rings. The lowest BCUT2D eigenvalue weighted by molar-refractivity contribution is -0.115. The number of methoxy groups -OCH3 is 1. The molecule has 5 rings (SSSR count). The molecule has 0 atom stereocenters. The van der Waals surface area contributed by atoms with Crippen molar-refractivity contribution in [2.45, 2.75) is 25.3 Å². The molecule has 1 heterocycles. The lowest BCUT2D eigenvalue weighted by Crippen LogP contribution is -2.47. The molecule has 192 valence electrons. The summed E-state index contributed by atoms with van der Waals surface area (Å²) in [4.78, 5) is 30.3. The number of halogens is 1. The standard InChI is InChI=1S/C29H31FN4O3/c1-37-27-5-3-2-4-26(27)34-16-14-33(15-17-34)25-13-12-23(19-24(25)29(36)32-22-10-11-22)31-28(35)18-20-6-8-21(30)9-7-20/h2-9,12-13,19,22H,10-11,14-18H2,1H3,(H,31,35)(H,32,36). The van der Waals surface area contributed by atoms with E-state index in [1.54, 1.807) is 25.3 Å². The SMILES string of the molecule is COc1ccccc1N1CCN(c2ccc(NC(=O)Cc3ccc(F)cc3)cc2C(=O)NC2CC2)CC1. The van der Waals surface area contributed by atoms with Crippen molar-refractivity contribution in [2.24, 2.45) is 0 Å². The van der Waals surface area contributed by atoms with Gasteiger partial charge in [0, 0.05) is 43.6 Å². The average molecular weight is 503 g/mol. The highest BCUT2D eigenvalue weighted by Crippen LogP contribution is 2.31. The lowest BCUT2D eigenvalue weighted by atomic mass is 10.1. The monoisotopic (exact) mass is 502 g/mol. The molecule has 0 spiro atoms. The van der Waals surface area contributed by atoms with Crippen LogP contribution < -0.4 is 25.2 Å². The van der Waals surface area contributed by atoms with Crippen LogP contribution in [0.4, 0.5) is 21.5 Å². The van der Waals surface area contributed by atoms with Crippen LogP contribution in [0, 0.1) is 5.82 Å². The van der Waals surface area contributed by atoms with Crippen molar-refractivity contribution >= 4 is 28.9 Å². The van der Waals surface area contributed by atoms with E-state index in [0.29, 0.717) is 11.3 Å². The van der Waals surface area contributed by atoms with E-state index < -0.39 is 0 Å². The number of amides is 2. The highest BCUT2D eigenvalue weighted by Gasteiger charge is 2.28. The molecule has 7 nitrogen and oxygen atoms in total. The second-order valence-corrected chi connectivity index (χ2v) is 9.48. The topological polar surface area (TPSA) is 73.9 Å². The van der Waals surface area contributed by atoms with Crippen LogP contribution in [0.25, 0.3) is 0 Å². The molecule has 1 saturated heterocycles. The van der Waals surface area contributed by atoms with Crippen LogP contribution in [0.1, 0.15) is 28.8 Å². The number of hydrogen-bond acceptors (Lipinski definition) is 5. The highest BCUT2D eigenvalue weighted by atomic mass is 19.1. The number of anilines is 3. The Labute approximate surface area is 216 Å². The smallest absolute Gasteiger partial charge is 0.253 e. The molecule has 1 saturated carbocycles. The molecule has 3 aromatic carbocycles. The molecule has 1 aliphatic heterocycles. The predicted molar refractivity (Wildman–Crippen MR) is 143 cm³/mol. The van der Waals surface area contributed by atoms with Gasteiger partial charge in [-0.05, 0) is 60.9 Å². The van der Waals surface area contributed by atoms with Gasteiger partial charge in [0.05, 0.1) is 24.8 Å². The second-order valence-electron chi connectivity index (χ2n) is 9.48. The highest BCUT2D eigenvalue weighted by molar-refractivity contribution is 6.02. The molecular weight excluding hydrogens is 471 g/mol. The van der Waals surface area contributed by atoms with Crippen LogP contribution in [0.3, 0.4) is 0 Å². The summed E-state index contributed by atoms with van der Waals surface area (Å²) in [6.45, 7) is 3.08. The Balaban J connectivity index is 1.31. The van der Waals surface area contributed by atoms with Crippen LogP contribution in [-0.2, 0) is 11.2 Å². The number of carbonyl (C=O) groups excluding carboxylic acids is 2. The predicted octanol–water partition coefficient (Wildman–Crippen LogP) is 4.23. The van der Waals surface area contributed by atoms with Crippen molar-refractivity contribution < 1.29 is 18.7 Å². The van der Waals surface area contributed by atoms with Gasteiger partial charge in [-0.15, -0.1) is 0 Å². The fourth-order valence-electron chi connectivity index (χ4n) is 4.63. The summed E-state index contributed by atoms with van der Waals surface area (Å²) in [6.07, 6.45) is 2.11. The van der Waals surface area contributed by atoms with Crippen molar-refractivity contribution in [2.75, 3.05) is 48.4 Å². The van der Waals surface area contributed by atoms with Crippen molar-refractivity contribution in [3.8, 4) is 5.75 Å². The van der Waals surface area contributed by atoms with Crippen LogP contribution in [0.5, 0.6) is 5.75 Å². The maximum absolute atomic E-state index is 13.2. The van der Waals surface area contributed by atoms with Gasteiger partial charge in [0.2, 0.25) is 5.91 Å². The Bertz CT molecular complexity index is 1270. The molecule has 8 heteroatoms. The van der Waals surface area contributed by atoms with E-state index in [-0.39, 0.29) is 30.1 Å². The second kappa shape index (κ2) is 10.9. The summed E-state index contributed by atoms with van der Waals surface area (Å²) in [5.41, 5.74) is 3.75. The zero-order chi connectivity index (χ0) is 25.8. The van der Waals surface area contributed by atoms with Gasteiger partial charge >= 0.3 is 0 Å². The first-order chi connectivity index (χ1) is 18.0. The zero-order valence-electron chi connectivity index (χ0n) is 20.9. The molecule has 2 amide bonds. The Morgan fingerprint density at radius 1 is 0.919 bits per heavy atom. The molecule has 0 unspecified atom stereocenters. The van der Waals surface area contributed by atoms with Crippen LogP contribution >= 0.6 is 0 Å². The maximum Gasteiger partial charge on any atom is 0.253 e. The minimum atomic E-state index is -0.338. The molecule has 2 N–H and O–H groups in total. The van der Waals surface area contributed by atoms with Crippen LogP contribution in [0.15, 0.2) is 66.7 Å². The Morgan fingerprint density at radius 2 is 1.59 bits per heavy atom. The molecule has 0 radical (unpaired) electrons. The number of hydrogen-bond donors (Lipinski definition) is 2. The van der Waals surface area contributed by atoms with E-state index in [9.17, 15) is 14.0 Å². The molecular formula is C29H31FN4O3. The number of nitrogens with one attached hydrogen (secondary N) is 2. The van der Waals surface area contributed by atoms with Crippen LogP contribution in [0.2, 0.25) is 0 Å². The zero-order valence-corrected chi connectivity index (χ0v) is 20.9. The van der Waals surface area contributed by atoms with Gasteiger partial charge in [-0.25, -0.2) is 4.39 Å². The first kappa shape index (κ1) is 24.6. The first-order valence-corrected chi connectivity index (χ1v) is 12.6. The number of para-hydroxylation sites is 2. The van der Waals surface area contributed by atoms with Gasteiger partial charge in [-0.2, -0.15) is 0 Å². The maximum atomic E-state index is 13.2. The molecule has 2 aliphatic rings. The van der Waals surface area contributed by atoms with E-state index in [1.807, 2.05) is 30.3 Å². The fraction of sp³-hybridized carbons (Fsp3) is 0.310. The first-order valence-electron chi connectivity index (χ1n) is 12.6. The number of benzene rings is 3. The number of rotatable bonds is 8. The van der Waals surface area contributed by atoms with Crippen molar-refractivity contribution in [3.05, 3.63) is 83.7 Å².